The summed E-state index contributed by atoms with van der Waals surface area (Å²) in [5.41, 5.74) is 7.09. The third-order valence-electron chi connectivity index (χ3n) is 4.82. The Morgan fingerprint density at radius 3 is 2.25 bits per heavy atom. The summed E-state index contributed by atoms with van der Waals surface area (Å²) in [6.45, 7) is 5.94. The Kier molecular flexibility index (Phi) is 7.21. The molecule has 0 spiro atoms. The van der Waals surface area contributed by atoms with Crippen LogP contribution in [0.5, 0.6) is 0 Å². The number of ether oxygens (including phenoxy) is 2. The predicted molar refractivity (Wildman–Crippen MR) is 111 cm³/mol. The number of methoxy groups -OCH3 is 2. The smallest absolute Gasteiger partial charge is 0.157 e. The SMILES string of the molecule is COCCN(CCOC)c1ncnc(N2CCN(c3ccccn3)CC2)c1N. The summed E-state index contributed by atoms with van der Waals surface area (Å²) in [6, 6.07) is 5.98. The van der Waals surface area contributed by atoms with Gasteiger partial charge in [-0.1, -0.05) is 6.07 Å². The van der Waals surface area contributed by atoms with Gasteiger partial charge < -0.3 is 29.9 Å². The zero-order chi connectivity index (χ0) is 19.8. The second-order valence-electron chi connectivity index (χ2n) is 6.57. The Morgan fingerprint density at radius 1 is 0.964 bits per heavy atom. The van der Waals surface area contributed by atoms with Crippen molar-refractivity contribution in [2.24, 2.45) is 0 Å². The van der Waals surface area contributed by atoms with Gasteiger partial charge in [-0.25, -0.2) is 15.0 Å². The van der Waals surface area contributed by atoms with E-state index in [1.54, 1.807) is 20.5 Å². The van der Waals surface area contributed by atoms with Crippen molar-refractivity contribution in [3.63, 3.8) is 0 Å². The molecule has 9 heteroatoms. The molecule has 2 aromatic heterocycles. The maximum absolute atomic E-state index is 6.49. The van der Waals surface area contributed by atoms with E-state index >= 15 is 0 Å². The van der Waals surface area contributed by atoms with Crippen LogP contribution in [0.15, 0.2) is 30.7 Å². The van der Waals surface area contributed by atoms with E-state index in [-0.39, 0.29) is 0 Å². The second-order valence-corrected chi connectivity index (χ2v) is 6.57. The first-order chi connectivity index (χ1) is 13.7. The number of nitrogens with two attached hydrogens (primary N) is 1. The van der Waals surface area contributed by atoms with Gasteiger partial charge in [-0.2, -0.15) is 0 Å². The van der Waals surface area contributed by atoms with E-state index < -0.39 is 0 Å². The number of piperazine rings is 1. The molecule has 0 aliphatic carbocycles. The third-order valence-corrected chi connectivity index (χ3v) is 4.82. The molecule has 1 saturated heterocycles. The molecule has 3 rings (SSSR count). The summed E-state index contributed by atoms with van der Waals surface area (Å²) >= 11 is 0. The fourth-order valence-electron chi connectivity index (χ4n) is 3.30. The molecule has 0 radical (unpaired) electrons. The van der Waals surface area contributed by atoms with E-state index in [1.165, 1.54) is 0 Å². The average Bonchev–Trinajstić information content (AvgIpc) is 2.75. The van der Waals surface area contributed by atoms with Crippen molar-refractivity contribution in [2.45, 2.75) is 0 Å². The van der Waals surface area contributed by atoms with Crippen molar-refractivity contribution in [2.75, 3.05) is 87.1 Å². The molecule has 0 aromatic carbocycles. The van der Waals surface area contributed by atoms with E-state index in [0.717, 1.165) is 43.6 Å². The summed E-state index contributed by atoms with van der Waals surface area (Å²) in [6.07, 6.45) is 3.41. The molecular weight excluding hydrogens is 358 g/mol. The van der Waals surface area contributed by atoms with Gasteiger partial charge in [-0.05, 0) is 12.1 Å². The number of pyridine rings is 1. The number of hydrogen-bond acceptors (Lipinski definition) is 9. The molecule has 0 saturated carbocycles. The molecular formula is C19H29N7O2. The minimum absolute atomic E-state index is 0.589. The Bertz CT molecular complexity index is 715. The van der Waals surface area contributed by atoms with Crippen molar-refractivity contribution < 1.29 is 9.47 Å². The summed E-state index contributed by atoms with van der Waals surface area (Å²) < 4.78 is 10.5. The van der Waals surface area contributed by atoms with E-state index in [1.807, 2.05) is 24.4 Å². The van der Waals surface area contributed by atoms with Crippen LogP contribution in [0.1, 0.15) is 0 Å². The number of nitrogen functional groups attached to an aromatic ring is 1. The van der Waals surface area contributed by atoms with Gasteiger partial charge in [0.25, 0.3) is 0 Å². The molecule has 0 bridgehead atoms. The number of nitrogens with zero attached hydrogens (tertiary/aromatic N) is 6. The molecule has 2 N–H and O–H groups in total. The highest BCUT2D eigenvalue weighted by Gasteiger charge is 2.23. The quantitative estimate of drug-likeness (QED) is 0.673. The van der Waals surface area contributed by atoms with Crippen molar-refractivity contribution in [1.82, 2.24) is 15.0 Å². The topological polar surface area (TPSA) is 92.9 Å². The van der Waals surface area contributed by atoms with Crippen LogP contribution >= 0.6 is 0 Å². The monoisotopic (exact) mass is 387 g/mol. The van der Waals surface area contributed by atoms with Crippen LogP contribution in [0.3, 0.4) is 0 Å². The molecule has 152 valence electrons. The number of anilines is 4. The largest absolute Gasteiger partial charge is 0.393 e. The Labute approximate surface area is 166 Å². The molecule has 9 nitrogen and oxygen atoms in total. The molecule has 0 amide bonds. The zero-order valence-electron chi connectivity index (χ0n) is 16.6. The van der Waals surface area contributed by atoms with Crippen LogP contribution in [0.4, 0.5) is 23.1 Å². The number of rotatable bonds is 9. The number of hydrogen-bond donors (Lipinski definition) is 1. The van der Waals surface area contributed by atoms with Gasteiger partial charge in [0.15, 0.2) is 11.6 Å². The van der Waals surface area contributed by atoms with Crippen LogP contribution in [0, 0.1) is 0 Å². The van der Waals surface area contributed by atoms with E-state index in [4.69, 9.17) is 15.2 Å². The first kappa shape index (κ1) is 20.1. The lowest BCUT2D eigenvalue weighted by molar-refractivity contribution is 0.190. The molecule has 1 fully saturated rings. The van der Waals surface area contributed by atoms with E-state index in [9.17, 15) is 0 Å². The third kappa shape index (κ3) is 4.79. The lowest BCUT2D eigenvalue weighted by Gasteiger charge is -2.37. The summed E-state index contributed by atoms with van der Waals surface area (Å²) in [5.74, 6) is 2.51. The van der Waals surface area contributed by atoms with Gasteiger partial charge >= 0.3 is 0 Å². The molecule has 28 heavy (non-hydrogen) atoms. The van der Waals surface area contributed by atoms with Gasteiger partial charge in [0.05, 0.1) is 13.2 Å². The van der Waals surface area contributed by atoms with Gasteiger partial charge in [0.1, 0.15) is 17.8 Å². The van der Waals surface area contributed by atoms with Gasteiger partial charge in [-0.15, -0.1) is 0 Å². The lowest BCUT2D eigenvalue weighted by Crippen LogP contribution is -2.47. The first-order valence-electron chi connectivity index (χ1n) is 9.48. The Morgan fingerprint density at radius 2 is 1.64 bits per heavy atom. The van der Waals surface area contributed by atoms with Crippen LogP contribution in [0.25, 0.3) is 0 Å². The molecule has 0 unspecified atom stereocenters. The second kappa shape index (κ2) is 10.0. The van der Waals surface area contributed by atoms with Crippen molar-refractivity contribution in [1.29, 1.82) is 0 Å². The minimum Gasteiger partial charge on any atom is -0.393 e. The van der Waals surface area contributed by atoms with Crippen molar-refractivity contribution in [3.8, 4) is 0 Å². The normalized spacial score (nSPS) is 14.4. The van der Waals surface area contributed by atoms with Crippen molar-refractivity contribution >= 4 is 23.1 Å². The standard InChI is InChI=1S/C19H29N7O2/c1-27-13-11-26(12-14-28-2)19-17(20)18(22-15-23-19)25-9-7-24(8-10-25)16-5-3-4-6-21-16/h3-6,15H,7-14,20H2,1-2H3. The van der Waals surface area contributed by atoms with Crippen LogP contribution < -0.4 is 20.4 Å². The average molecular weight is 387 g/mol. The molecule has 3 heterocycles. The highest BCUT2D eigenvalue weighted by atomic mass is 16.5. The van der Waals surface area contributed by atoms with Gasteiger partial charge in [0.2, 0.25) is 0 Å². The van der Waals surface area contributed by atoms with Crippen LogP contribution in [-0.2, 0) is 9.47 Å². The summed E-state index contributed by atoms with van der Waals surface area (Å²) in [5, 5.41) is 0. The van der Waals surface area contributed by atoms with Crippen LogP contribution in [0.2, 0.25) is 0 Å². The van der Waals surface area contributed by atoms with Crippen LogP contribution in [-0.4, -0.2) is 81.7 Å². The molecule has 1 aliphatic rings. The molecule has 1 aliphatic heterocycles. The van der Waals surface area contributed by atoms with E-state index in [2.05, 4.69) is 29.7 Å². The summed E-state index contributed by atoms with van der Waals surface area (Å²) in [7, 11) is 3.37. The van der Waals surface area contributed by atoms with Gasteiger partial charge in [-0.3, -0.25) is 0 Å². The van der Waals surface area contributed by atoms with Crippen molar-refractivity contribution in [3.05, 3.63) is 30.7 Å². The fourth-order valence-corrected chi connectivity index (χ4v) is 3.30. The molecule has 2 aromatic rings. The lowest BCUT2D eigenvalue weighted by atomic mass is 10.2. The fraction of sp³-hybridized carbons (Fsp3) is 0.526. The Balaban J connectivity index is 1.72. The van der Waals surface area contributed by atoms with Gasteiger partial charge in [0, 0.05) is 59.7 Å². The zero-order valence-corrected chi connectivity index (χ0v) is 16.6. The highest BCUT2D eigenvalue weighted by molar-refractivity contribution is 5.76. The highest BCUT2D eigenvalue weighted by Crippen LogP contribution is 2.29. The summed E-state index contributed by atoms with van der Waals surface area (Å²) in [4.78, 5) is 19.9. The maximum Gasteiger partial charge on any atom is 0.157 e. The van der Waals surface area contributed by atoms with E-state index in [0.29, 0.717) is 32.0 Å². The molecule has 0 atom stereocenters. The maximum atomic E-state index is 6.49. The Hall–Kier alpha value is -2.65. The predicted octanol–water partition coefficient (Wildman–Crippen LogP) is 0.880. The number of aromatic nitrogens is 3. The minimum atomic E-state index is 0.589. The first-order valence-corrected chi connectivity index (χ1v) is 9.48.